The predicted octanol–water partition coefficient (Wildman–Crippen LogP) is 2.28. The van der Waals surface area contributed by atoms with E-state index in [1.807, 2.05) is 12.3 Å². The Bertz CT molecular complexity index is 610. The zero-order valence-electron chi connectivity index (χ0n) is 12.1. The Balaban J connectivity index is 1.51. The number of nitrogens with zero attached hydrogens (tertiary/aromatic N) is 2. The molecule has 0 amide bonds. The molecular formula is C17H21N3O. The number of nitrogens with one attached hydrogen (secondary N) is 1. The van der Waals surface area contributed by atoms with Crippen LogP contribution in [0.25, 0.3) is 11.3 Å². The molecule has 1 saturated heterocycles. The number of rotatable bonds is 3. The highest BCUT2D eigenvalue weighted by Crippen LogP contribution is 2.38. The van der Waals surface area contributed by atoms with Gasteiger partial charge in [0.05, 0.1) is 18.0 Å². The van der Waals surface area contributed by atoms with Gasteiger partial charge >= 0.3 is 0 Å². The Morgan fingerprint density at radius 2 is 2.05 bits per heavy atom. The van der Waals surface area contributed by atoms with E-state index in [9.17, 15) is 5.11 Å². The summed E-state index contributed by atoms with van der Waals surface area (Å²) in [6.07, 6.45) is 4.02. The van der Waals surface area contributed by atoms with Gasteiger partial charge in [-0.15, -0.1) is 0 Å². The van der Waals surface area contributed by atoms with Crippen molar-refractivity contribution in [3.8, 4) is 11.3 Å². The smallest absolute Gasteiger partial charge is 0.0695 e. The van der Waals surface area contributed by atoms with Gasteiger partial charge in [-0.25, -0.2) is 0 Å². The summed E-state index contributed by atoms with van der Waals surface area (Å²) in [5.74, 6) is 1.17. The van der Waals surface area contributed by atoms with Gasteiger partial charge in [0.15, 0.2) is 0 Å². The first-order chi connectivity index (χ1) is 10.3. The number of likely N-dealkylation sites (tertiary alicyclic amines) is 1. The van der Waals surface area contributed by atoms with Crippen molar-refractivity contribution in [1.29, 1.82) is 0 Å². The highest BCUT2D eigenvalue weighted by molar-refractivity contribution is 5.62. The van der Waals surface area contributed by atoms with Crippen molar-refractivity contribution in [1.82, 2.24) is 15.1 Å². The van der Waals surface area contributed by atoms with Crippen LogP contribution in [-0.2, 0) is 6.54 Å². The molecule has 1 saturated carbocycles. The van der Waals surface area contributed by atoms with Crippen LogP contribution in [-0.4, -0.2) is 39.4 Å². The zero-order chi connectivity index (χ0) is 14.2. The van der Waals surface area contributed by atoms with Gasteiger partial charge in [-0.2, -0.15) is 5.10 Å². The molecule has 2 aromatic rings. The molecule has 0 spiro atoms. The van der Waals surface area contributed by atoms with E-state index in [0.29, 0.717) is 11.8 Å². The molecule has 2 fully saturated rings. The van der Waals surface area contributed by atoms with Crippen LogP contribution in [0, 0.1) is 11.8 Å². The van der Waals surface area contributed by atoms with E-state index < -0.39 is 0 Å². The molecule has 0 bridgehead atoms. The average molecular weight is 283 g/mol. The van der Waals surface area contributed by atoms with Gasteiger partial charge in [-0.05, 0) is 24.3 Å². The third-order valence-corrected chi connectivity index (χ3v) is 5.07. The maximum Gasteiger partial charge on any atom is 0.0695 e. The maximum atomic E-state index is 10.0. The minimum Gasteiger partial charge on any atom is -0.393 e. The summed E-state index contributed by atoms with van der Waals surface area (Å²) >= 11 is 0. The monoisotopic (exact) mass is 283 g/mol. The molecule has 0 radical (unpaired) electrons. The lowest BCUT2D eigenvalue weighted by Gasteiger charge is -2.18. The number of aromatic amines is 1. The SMILES string of the molecule is O[C@@H]1CC[C@@H]2CN(Cc3cn[nH]c3-c3ccccc3)C[C@@H]21. The lowest BCUT2D eigenvalue weighted by molar-refractivity contribution is 0.123. The number of fused-ring (bicyclic) bond motifs is 1. The molecule has 21 heavy (non-hydrogen) atoms. The molecule has 4 heteroatoms. The van der Waals surface area contributed by atoms with E-state index in [1.54, 1.807) is 0 Å². The minimum absolute atomic E-state index is 0.0852. The van der Waals surface area contributed by atoms with Crippen LogP contribution >= 0.6 is 0 Å². The number of benzene rings is 1. The van der Waals surface area contributed by atoms with E-state index in [4.69, 9.17) is 0 Å². The summed E-state index contributed by atoms with van der Waals surface area (Å²) in [7, 11) is 0. The molecule has 2 heterocycles. The fraction of sp³-hybridized carbons (Fsp3) is 0.471. The first-order valence-electron chi connectivity index (χ1n) is 7.79. The van der Waals surface area contributed by atoms with E-state index in [2.05, 4.69) is 39.4 Å². The van der Waals surface area contributed by atoms with E-state index in [-0.39, 0.29) is 6.10 Å². The topological polar surface area (TPSA) is 52.1 Å². The first-order valence-corrected chi connectivity index (χ1v) is 7.79. The van der Waals surface area contributed by atoms with Gasteiger partial charge < -0.3 is 5.11 Å². The standard InChI is InChI=1S/C17H21N3O/c21-16-7-6-13-9-20(11-15(13)16)10-14-8-18-19-17(14)12-4-2-1-3-5-12/h1-5,8,13,15-16,21H,6-7,9-11H2,(H,18,19)/t13-,15+,16-/m1/s1. The van der Waals surface area contributed by atoms with E-state index >= 15 is 0 Å². The molecule has 4 nitrogen and oxygen atoms in total. The average Bonchev–Trinajstić information content (AvgIpc) is 3.19. The highest BCUT2D eigenvalue weighted by Gasteiger charge is 2.41. The van der Waals surface area contributed by atoms with Crippen LogP contribution in [0.5, 0.6) is 0 Å². The first kappa shape index (κ1) is 13.0. The highest BCUT2D eigenvalue weighted by atomic mass is 16.3. The number of aliphatic hydroxyl groups is 1. The molecule has 2 aliphatic rings. The number of H-pyrrole nitrogens is 1. The fourth-order valence-electron chi connectivity index (χ4n) is 3.98. The fourth-order valence-corrected chi connectivity index (χ4v) is 3.98. The molecule has 3 atom stereocenters. The molecule has 1 aliphatic carbocycles. The van der Waals surface area contributed by atoms with Crippen LogP contribution in [0.2, 0.25) is 0 Å². The normalized spacial score (nSPS) is 28.9. The molecule has 0 unspecified atom stereocenters. The van der Waals surface area contributed by atoms with Crippen LogP contribution < -0.4 is 0 Å². The van der Waals surface area contributed by atoms with Crippen molar-refractivity contribution in [2.75, 3.05) is 13.1 Å². The summed E-state index contributed by atoms with van der Waals surface area (Å²) in [6.45, 7) is 3.05. The van der Waals surface area contributed by atoms with Crippen molar-refractivity contribution < 1.29 is 5.11 Å². The van der Waals surface area contributed by atoms with Crippen LogP contribution in [0.4, 0.5) is 0 Å². The second kappa shape index (κ2) is 5.28. The Morgan fingerprint density at radius 3 is 2.86 bits per heavy atom. The quantitative estimate of drug-likeness (QED) is 0.908. The number of aliphatic hydroxyl groups excluding tert-OH is 1. The van der Waals surface area contributed by atoms with Crippen LogP contribution in [0.1, 0.15) is 18.4 Å². The van der Waals surface area contributed by atoms with Crippen molar-refractivity contribution in [3.63, 3.8) is 0 Å². The summed E-state index contributed by atoms with van der Waals surface area (Å²) in [4.78, 5) is 2.47. The minimum atomic E-state index is -0.0852. The molecule has 1 aromatic carbocycles. The van der Waals surface area contributed by atoms with Gasteiger partial charge in [-0.1, -0.05) is 30.3 Å². The molecule has 110 valence electrons. The van der Waals surface area contributed by atoms with Crippen LogP contribution in [0.3, 0.4) is 0 Å². The molecule has 2 N–H and O–H groups in total. The lowest BCUT2D eigenvalue weighted by Crippen LogP contribution is -2.24. The third kappa shape index (κ3) is 2.39. The molecular weight excluding hydrogens is 262 g/mol. The van der Waals surface area contributed by atoms with Crippen LogP contribution in [0.15, 0.2) is 36.5 Å². The number of aromatic nitrogens is 2. The molecule has 1 aromatic heterocycles. The Kier molecular flexibility index (Phi) is 3.28. The lowest BCUT2D eigenvalue weighted by atomic mass is 10.00. The zero-order valence-corrected chi connectivity index (χ0v) is 12.1. The summed E-state index contributed by atoms with van der Waals surface area (Å²) in [5.41, 5.74) is 3.55. The van der Waals surface area contributed by atoms with Crippen molar-refractivity contribution >= 4 is 0 Å². The van der Waals surface area contributed by atoms with Crippen molar-refractivity contribution in [2.45, 2.75) is 25.5 Å². The Morgan fingerprint density at radius 1 is 1.19 bits per heavy atom. The van der Waals surface area contributed by atoms with Gasteiger partial charge in [0, 0.05) is 31.1 Å². The molecule has 1 aliphatic heterocycles. The third-order valence-electron chi connectivity index (χ3n) is 5.07. The van der Waals surface area contributed by atoms with Crippen molar-refractivity contribution in [2.24, 2.45) is 11.8 Å². The van der Waals surface area contributed by atoms with Gasteiger partial charge in [-0.3, -0.25) is 10.00 Å². The summed E-state index contributed by atoms with van der Waals surface area (Å²) in [5, 5.41) is 17.4. The predicted molar refractivity (Wildman–Crippen MR) is 81.5 cm³/mol. The van der Waals surface area contributed by atoms with Gasteiger partial charge in [0.2, 0.25) is 0 Å². The Labute approximate surface area is 124 Å². The van der Waals surface area contributed by atoms with Gasteiger partial charge in [0.1, 0.15) is 0 Å². The van der Waals surface area contributed by atoms with E-state index in [0.717, 1.165) is 31.7 Å². The summed E-state index contributed by atoms with van der Waals surface area (Å²) < 4.78 is 0. The second-order valence-corrected chi connectivity index (χ2v) is 6.40. The second-order valence-electron chi connectivity index (χ2n) is 6.40. The van der Waals surface area contributed by atoms with Crippen molar-refractivity contribution in [3.05, 3.63) is 42.1 Å². The molecule has 4 rings (SSSR count). The van der Waals surface area contributed by atoms with Gasteiger partial charge in [0.25, 0.3) is 0 Å². The number of hydrogen-bond donors (Lipinski definition) is 2. The maximum absolute atomic E-state index is 10.0. The van der Waals surface area contributed by atoms with E-state index in [1.165, 1.54) is 17.5 Å². The Hall–Kier alpha value is -1.65. The summed E-state index contributed by atoms with van der Waals surface area (Å²) in [6, 6.07) is 10.4. The number of hydrogen-bond acceptors (Lipinski definition) is 3. The largest absolute Gasteiger partial charge is 0.393 e.